The highest BCUT2D eigenvalue weighted by atomic mass is 127. The van der Waals surface area contributed by atoms with Gasteiger partial charge >= 0.3 is 0 Å². The second kappa shape index (κ2) is 13.3. The van der Waals surface area contributed by atoms with Crippen molar-refractivity contribution in [2.24, 2.45) is 4.99 Å². The van der Waals surface area contributed by atoms with Crippen LogP contribution < -0.4 is 10.6 Å². The van der Waals surface area contributed by atoms with Crippen LogP contribution in [-0.2, 0) is 6.42 Å². The van der Waals surface area contributed by atoms with E-state index in [0.29, 0.717) is 6.04 Å². The van der Waals surface area contributed by atoms with Crippen LogP contribution in [0.25, 0.3) is 0 Å². The number of guanidine groups is 1. The van der Waals surface area contributed by atoms with Gasteiger partial charge in [-0.2, -0.15) is 0 Å². The zero-order chi connectivity index (χ0) is 17.9. The fraction of sp³-hybridized carbons (Fsp3) is 0.700. The maximum atomic E-state index is 4.75. The van der Waals surface area contributed by atoms with Gasteiger partial charge in [0.25, 0.3) is 0 Å². The van der Waals surface area contributed by atoms with Crippen LogP contribution in [0.15, 0.2) is 23.3 Å². The van der Waals surface area contributed by atoms with Crippen LogP contribution in [0.3, 0.4) is 0 Å². The third kappa shape index (κ3) is 8.66. The number of pyridine rings is 1. The molecule has 2 heterocycles. The van der Waals surface area contributed by atoms with Crippen molar-refractivity contribution in [1.82, 2.24) is 20.5 Å². The van der Waals surface area contributed by atoms with Crippen molar-refractivity contribution in [2.75, 3.05) is 32.7 Å². The molecule has 1 saturated heterocycles. The molecule has 0 spiro atoms. The van der Waals surface area contributed by atoms with E-state index in [2.05, 4.69) is 46.5 Å². The Morgan fingerprint density at radius 2 is 2.04 bits per heavy atom. The van der Waals surface area contributed by atoms with E-state index in [1.807, 2.05) is 13.1 Å². The number of nitrogens with one attached hydrogen (secondary N) is 2. The molecule has 1 aliphatic heterocycles. The van der Waals surface area contributed by atoms with Crippen LogP contribution in [0.1, 0.15) is 50.8 Å². The zero-order valence-electron chi connectivity index (χ0n) is 16.6. The fourth-order valence-corrected chi connectivity index (χ4v) is 3.14. The lowest BCUT2D eigenvalue weighted by molar-refractivity contribution is 0.203. The number of hydrogen-bond donors (Lipinski definition) is 2. The Hall–Kier alpha value is -0.890. The number of hydrogen-bond acceptors (Lipinski definition) is 3. The number of likely N-dealkylation sites (tertiary alicyclic amines) is 1. The van der Waals surface area contributed by atoms with E-state index >= 15 is 0 Å². The molecular weight excluding hydrogens is 437 g/mol. The van der Waals surface area contributed by atoms with Gasteiger partial charge in [-0.25, -0.2) is 0 Å². The molecule has 2 rings (SSSR count). The lowest BCUT2D eigenvalue weighted by Gasteiger charge is -2.33. The smallest absolute Gasteiger partial charge is 0.191 e. The topological polar surface area (TPSA) is 52.5 Å². The van der Waals surface area contributed by atoms with Gasteiger partial charge in [-0.1, -0.05) is 19.4 Å². The van der Waals surface area contributed by atoms with Crippen molar-refractivity contribution >= 4 is 29.9 Å². The Labute approximate surface area is 176 Å². The normalized spacial score (nSPS) is 16.2. The SMILES string of the molecule is CCCCN1CCC(NC(=NCCc2ccc(C)nc2)NCC)CC1.I. The van der Waals surface area contributed by atoms with E-state index in [1.165, 1.54) is 50.9 Å². The molecular formula is C20H36IN5. The molecule has 0 aliphatic carbocycles. The van der Waals surface area contributed by atoms with Gasteiger partial charge in [0.1, 0.15) is 0 Å². The van der Waals surface area contributed by atoms with Crippen LogP contribution >= 0.6 is 24.0 Å². The Bertz CT molecular complexity index is 509. The minimum atomic E-state index is 0. The Morgan fingerprint density at radius 3 is 2.65 bits per heavy atom. The molecule has 148 valence electrons. The number of aryl methyl sites for hydroxylation is 1. The van der Waals surface area contributed by atoms with E-state index in [-0.39, 0.29) is 24.0 Å². The molecule has 6 heteroatoms. The molecule has 1 aromatic heterocycles. The Kier molecular flexibility index (Phi) is 11.8. The van der Waals surface area contributed by atoms with Crippen LogP contribution in [0, 0.1) is 6.92 Å². The lowest BCUT2D eigenvalue weighted by atomic mass is 10.0. The van der Waals surface area contributed by atoms with Crippen molar-refractivity contribution < 1.29 is 0 Å². The zero-order valence-corrected chi connectivity index (χ0v) is 19.0. The van der Waals surface area contributed by atoms with Gasteiger partial charge in [-0.05, 0) is 57.7 Å². The quantitative estimate of drug-likeness (QED) is 0.346. The maximum absolute atomic E-state index is 4.75. The van der Waals surface area contributed by atoms with Gasteiger partial charge in [0.2, 0.25) is 0 Å². The molecule has 1 aromatic rings. The molecule has 0 radical (unpaired) electrons. The molecule has 1 aliphatic rings. The maximum Gasteiger partial charge on any atom is 0.191 e. The Morgan fingerprint density at radius 1 is 1.27 bits per heavy atom. The number of nitrogens with zero attached hydrogens (tertiary/aromatic N) is 3. The Balaban J connectivity index is 0.00000338. The van der Waals surface area contributed by atoms with E-state index in [1.54, 1.807) is 0 Å². The standard InChI is InChI=1S/C20H35N5.HI/c1-4-6-13-25-14-10-19(11-15-25)24-20(21-5-2)22-12-9-18-8-7-17(3)23-16-18;/h7-8,16,19H,4-6,9-15H2,1-3H3,(H2,21,22,24);1H. The number of aromatic nitrogens is 1. The van der Waals surface area contributed by atoms with Gasteiger partial charge in [-0.3, -0.25) is 9.98 Å². The van der Waals surface area contributed by atoms with Crippen molar-refractivity contribution in [2.45, 2.75) is 58.9 Å². The first-order valence-electron chi connectivity index (χ1n) is 9.90. The first-order valence-corrected chi connectivity index (χ1v) is 9.90. The number of aliphatic imine (C=N–C) groups is 1. The number of unbranched alkanes of at least 4 members (excludes halogenated alkanes) is 1. The van der Waals surface area contributed by atoms with Gasteiger partial charge in [0.05, 0.1) is 0 Å². The number of halogens is 1. The molecule has 26 heavy (non-hydrogen) atoms. The van der Waals surface area contributed by atoms with Crippen LogP contribution in [0.5, 0.6) is 0 Å². The summed E-state index contributed by atoms with van der Waals surface area (Å²) in [6, 6.07) is 4.75. The molecule has 0 amide bonds. The summed E-state index contributed by atoms with van der Waals surface area (Å²) in [6.07, 6.45) is 7.89. The highest BCUT2D eigenvalue weighted by Gasteiger charge is 2.19. The van der Waals surface area contributed by atoms with Crippen molar-refractivity contribution in [3.63, 3.8) is 0 Å². The summed E-state index contributed by atoms with van der Waals surface area (Å²) in [6.45, 7) is 11.7. The molecule has 0 unspecified atom stereocenters. The average Bonchev–Trinajstić information content (AvgIpc) is 2.63. The molecule has 0 aromatic carbocycles. The van der Waals surface area contributed by atoms with Gasteiger partial charge in [0.15, 0.2) is 5.96 Å². The summed E-state index contributed by atoms with van der Waals surface area (Å²) in [5.41, 5.74) is 2.31. The van der Waals surface area contributed by atoms with E-state index in [9.17, 15) is 0 Å². The third-order valence-corrected chi connectivity index (χ3v) is 4.74. The first kappa shape index (κ1) is 23.1. The largest absolute Gasteiger partial charge is 0.357 e. The summed E-state index contributed by atoms with van der Waals surface area (Å²) in [5, 5.41) is 7.01. The second-order valence-electron chi connectivity index (χ2n) is 6.93. The summed E-state index contributed by atoms with van der Waals surface area (Å²) in [5.74, 6) is 0.953. The average molecular weight is 473 g/mol. The van der Waals surface area contributed by atoms with Crippen molar-refractivity contribution in [3.8, 4) is 0 Å². The summed E-state index contributed by atoms with van der Waals surface area (Å²) in [7, 11) is 0. The van der Waals surface area contributed by atoms with Crippen molar-refractivity contribution in [1.29, 1.82) is 0 Å². The van der Waals surface area contributed by atoms with Gasteiger partial charge in [-0.15, -0.1) is 24.0 Å². The highest BCUT2D eigenvalue weighted by Crippen LogP contribution is 2.11. The molecule has 1 fully saturated rings. The second-order valence-corrected chi connectivity index (χ2v) is 6.93. The van der Waals surface area contributed by atoms with Crippen LogP contribution in [0.2, 0.25) is 0 Å². The molecule has 2 N–H and O–H groups in total. The molecule has 0 atom stereocenters. The summed E-state index contributed by atoms with van der Waals surface area (Å²) >= 11 is 0. The van der Waals surface area contributed by atoms with Gasteiger partial charge in [0, 0.05) is 44.1 Å². The fourth-order valence-electron chi connectivity index (χ4n) is 3.14. The summed E-state index contributed by atoms with van der Waals surface area (Å²) in [4.78, 5) is 11.7. The first-order chi connectivity index (χ1) is 12.2. The minimum absolute atomic E-state index is 0. The third-order valence-electron chi connectivity index (χ3n) is 4.74. The molecule has 0 bridgehead atoms. The van der Waals surface area contributed by atoms with Crippen LogP contribution in [-0.4, -0.2) is 54.6 Å². The summed E-state index contributed by atoms with van der Waals surface area (Å²) < 4.78 is 0. The van der Waals surface area contributed by atoms with Crippen molar-refractivity contribution in [3.05, 3.63) is 29.6 Å². The monoisotopic (exact) mass is 473 g/mol. The van der Waals surface area contributed by atoms with E-state index in [0.717, 1.165) is 31.2 Å². The lowest BCUT2D eigenvalue weighted by Crippen LogP contribution is -2.48. The minimum Gasteiger partial charge on any atom is -0.357 e. The highest BCUT2D eigenvalue weighted by molar-refractivity contribution is 14.0. The van der Waals surface area contributed by atoms with E-state index in [4.69, 9.17) is 4.99 Å². The molecule has 5 nitrogen and oxygen atoms in total. The predicted octanol–water partition coefficient (Wildman–Crippen LogP) is 3.37. The molecule has 0 saturated carbocycles. The van der Waals surface area contributed by atoms with E-state index < -0.39 is 0 Å². The number of rotatable bonds is 8. The van der Waals surface area contributed by atoms with Crippen LogP contribution in [0.4, 0.5) is 0 Å². The predicted molar refractivity (Wildman–Crippen MR) is 122 cm³/mol. The number of piperidine rings is 1. The van der Waals surface area contributed by atoms with Gasteiger partial charge < -0.3 is 15.5 Å².